The van der Waals surface area contributed by atoms with Gasteiger partial charge in [0, 0.05) is 18.8 Å². The molecule has 9 heteroatoms. The van der Waals surface area contributed by atoms with E-state index < -0.39 is 11.9 Å². The third kappa shape index (κ3) is 5.07. The molecule has 33 heavy (non-hydrogen) atoms. The van der Waals surface area contributed by atoms with Gasteiger partial charge < -0.3 is 15.3 Å². The van der Waals surface area contributed by atoms with E-state index in [-0.39, 0.29) is 22.4 Å². The number of thiazole rings is 1. The van der Waals surface area contributed by atoms with E-state index >= 15 is 0 Å². The quantitative estimate of drug-likeness (QED) is 0.534. The Labute approximate surface area is 200 Å². The average molecular weight is 484 g/mol. The van der Waals surface area contributed by atoms with Gasteiger partial charge in [-0.1, -0.05) is 41.9 Å². The number of aryl methyl sites for hydroxylation is 1. The van der Waals surface area contributed by atoms with Crippen molar-refractivity contribution in [3.05, 3.63) is 69.8 Å². The Morgan fingerprint density at radius 1 is 1.12 bits per heavy atom. The molecule has 1 saturated heterocycles. The SMILES string of the molecule is Cc1nc(C(=O)Nc2ccc(Cl)c(C(=O)N3CCC(C(=O)O)CC3)c2)c(-c2ccccc2)s1. The number of nitrogens with zero attached hydrogens (tertiary/aromatic N) is 2. The molecule has 0 radical (unpaired) electrons. The molecule has 2 N–H and O–H groups in total. The molecule has 2 heterocycles. The van der Waals surface area contributed by atoms with E-state index in [0.717, 1.165) is 15.4 Å². The summed E-state index contributed by atoms with van der Waals surface area (Å²) < 4.78 is 0. The maximum absolute atomic E-state index is 13.0. The second-order valence-corrected chi connectivity index (χ2v) is 9.44. The molecule has 2 amide bonds. The molecule has 0 spiro atoms. The Hall–Kier alpha value is -3.23. The zero-order valence-corrected chi connectivity index (χ0v) is 19.4. The lowest BCUT2D eigenvalue weighted by molar-refractivity contribution is -0.143. The van der Waals surface area contributed by atoms with Crippen molar-refractivity contribution in [2.75, 3.05) is 18.4 Å². The van der Waals surface area contributed by atoms with Gasteiger partial charge in [-0.25, -0.2) is 4.98 Å². The second-order valence-electron chi connectivity index (χ2n) is 7.83. The number of halogens is 1. The molecule has 1 aromatic heterocycles. The number of carboxylic acids is 1. The number of aliphatic carboxylic acids is 1. The summed E-state index contributed by atoms with van der Waals surface area (Å²) in [7, 11) is 0. The van der Waals surface area contributed by atoms with Crippen molar-refractivity contribution in [1.29, 1.82) is 0 Å². The minimum Gasteiger partial charge on any atom is -0.481 e. The predicted molar refractivity (Wildman–Crippen MR) is 128 cm³/mol. The second kappa shape index (κ2) is 9.72. The molecule has 1 fully saturated rings. The highest BCUT2D eigenvalue weighted by molar-refractivity contribution is 7.15. The number of carbonyl (C=O) groups is 3. The number of rotatable bonds is 5. The lowest BCUT2D eigenvalue weighted by Gasteiger charge is -2.30. The summed E-state index contributed by atoms with van der Waals surface area (Å²) in [6.45, 7) is 2.54. The van der Waals surface area contributed by atoms with Gasteiger partial charge in [-0.2, -0.15) is 0 Å². The molecular formula is C24H22ClN3O4S. The first kappa shape index (κ1) is 22.9. The predicted octanol–water partition coefficient (Wildman–Crippen LogP) is 4.96. The van der Waals surface area contributed by atoms with E-state index in [1.165, 1.54) is 11.3 Å². The third-order valence-electron chi connectivity index (χ3n) is 5.57. The number of likely N-dealkylation sites (tertiary alicyclic amines) is 1. The Morgan fingerprint density at radius 3 is 2.48 bits per heavy atom. The normalized spacial score (nSPS) is 14.2. The topological polar surface area (TPSA) is 99.6 Å². The fourth-order valence-corrected chi connectivity index (χ4v) is 4.94. The Morgan fingerprint density at radius 2 is 1.82 bits per heavy atom. The van der Waals surface area contributed by atoms with Crippen LogP contribution in [0.5, 0.6) is 0 Å². The molecule has 0 unspecified atom stereocenters. The maximum atomic E-state index is 13.0. The minimum atomic E-state index is -0.836. The molecule has 0 aliphatic carbocycles. The molecule has 0 bridgehead atoms. The van der Waals surface area contributed by atoms with Crippen molar-refractivity contribution in [2.45, 2.75) is 19.8 Å². The number of hydrogen-bond donors (Lipinski definition) is 2. The van der Waals surface area contributed by atoms with E-state index in [1.54, 1.807) is 23.1 Å². The van der Waals surface area contributed by atoms with Crippen molar-refractivity contribution in [3.8, 4) is 10.4 Å². The maximum Gasteiger partial charge on any atom is 0.306 e. The summed E-state index contributed by atoms with van der Waals surface area (Å²) in [6, 6.07) is 14.3. The van der Waals surface area contributed by atoms with Crippen molar-refractivity contribution < 1.29 is 19.5 Å². The number of hydrogen-bond acceptors (Lipinski definition) is 5. The summed E-state index contributed by atoms with van der Waals surface area (Å²) in [5.74, 6) is -1.93. The van der Waals surface area contributed by atoms with Gasteiger partial charge in [0.25, 0.3) is 11.8 Å². The molecule has 0 saturated carbocycles. The summed E-state index contributed by atoms with van der Waals surface area (Å²) in [6.07, 6.45) is 0.807. The number of aromatic nitrogens is 1. The van der Waals surface area contributed by atoms with Crippen LogP contribution in [-0.2, 0) is 4.79 Å². The van der Waals surface area contributed by atoms with Crippen LogP contribution in [0.1, 0.15) is 38.7 Å². The zero-order valence-electron chi connectivity index (χ0n) is 17.9. The van der Waals surface area contributed by atoms with E-state index in [2.05, 4.69) is 10.3 Å². The van der Waals surface area contributed by atoms with Crippen molar-refractivity contribution in [3.63, 3.8) is 0 Å². The molecule has 4 rings (SSSR count). The van der Waals surface area contributed by atoms with Gasteiger partial charge in [-0.15, -0.1) is 11.3 Å². The summed E-state index contributed by atoms with van der Waals surface area (Å²) >= 11 is 7.73. The van der Waals surface area contributed by atoms with E-state index in [0.29, 0.717) is 37.3 Å². The molecule has 1 aliphatic rings. The van der Waals surface area contributed by atoms with Crippen LogP contribution in [0.15, 0.2) is 48.5 Å². The Balaban J connectivity index is 1.53. The standard InChI is InChI=1S/C24H22ClN3O4S/c1-14-26-20(21(33-14)15-5-3-2-4-6-15)22(29)27-17-7-8-19(25)18(13-17)23(30)28-11-9-16(10-12-28)24(31)32/h2-8,13,16H,9-12H2,1H3,(H,27,29)(H,31,32). The van der Waals surface area contributed by atoms with Crippen molar-refractivity contribution in [2.24, 2.45) is 5.92 Å². The highest BCUT2D eigenvalue weighted by atomic mass is 35.5. The highest BCUT2D eigenvalue weighted by Gasteiger charge is 2.28. The van der Waals surface area contributed by atoms with Crippen molar-refractivity contribution >= 4 is 46.4 Å². The monoisotopic (exact) mass is 483 g/mol. The minimum absolute atomic E-state index is 0.265. The fourth-order valence-electron chi connectivity index (χ4n) is 3.82. The van der Waals surface area contributed by atoms with Gasteiger partial charge in [0.2, 0.25) is 0 Å². The van der Waals surface area contributed by atoms with E-state index in [4.69, 9.17) is 16.7 Å². The molecule has 170 valence electrons. The van der Waals surface area contributed by atoms with Crippen LogP contribution in [0, 0.1) is 12.8 Å². The zero-order chi connectivity index (χ0) is 23.5. The van der Waals surface area contributed by atoms with Crippen LogP contribution in [0.4, 0.5) is 5.69 Å². The number of piperidine rings is 1. The lowest BCUT2D eigenvalue weighted by Crippen LogP contribution is -2.40. The van der Waals surface area contributed by atoms with Crippen LogP contribution in [-0.4, -0.2) is 45.9 Å². The van der Waals surface area contributed by atoms with Crippen LogP contribution >= 0.6 is 22.9 Å². The van der Waals surface area contributed by atoms with Gasteiger partial charge in [0.05, 0.1) is 26.4 Å². The summed E-state index contributed by atoms with van der Waals surface area (Å²) in [4.78, 5) is 44.0. The smallest absolute Gasteiger partial charge is 0.306 e. The Bertz CT molecular complexity index is 1200. The number of amides is 2. The van der Waals surface area contributed by atoms with Gasteiger partial charge >= 0.3 is 5.97 Å². The first-order valence-corrected chi connectivity index (χ1v) is 11.7. The lowest BCUT2D eigenvalue weighted by atomic mass is 9.96. The summed E-state index contributed by atoms with van der Waals surface area (Å²) in [5, 5.41) is 13.0. The third-order valence-corrected chi connectivity index (χ3v) is 6.92. The molecular weight excluding hydrogens is 462 g/mol. The summed E-state index contributed by atoms with van der Waals surface area (Å²) in [5.41, 5.74) is 1.92. The molecule has 0 atom stereocenters. The Kier molecular flexibility index (Phi) is 6.76. The first-order chi connectivity index (χ1) is 15.8. The molecule has 3 aromatic rings. The number of nitrogens with one attached hydrogen (secondary N) is 1. The highest BCUT2D eigenvalue weighted by Crippen LogP contribution is 2.31. The number of anilines is 1. The molecule has 7 nitrogen and oxygen atoms in total. The van der Waals surface area contributed by atoms with Gasteiger partial charge in [-0.3, -0.25) is 14.4 Å². The van der Waals surface area contributed by atoms with Gasteiger partial charge in [0.15, 0.2) is 0 Å². The number of carbonyl (C=O) groups excluding carboxylic acids is 2. The molecule has 1 aliphatic heterocycles. The van der Waals surface area contributed by atoms with Crippen LogP contribution in [0.25, 0.3) is 10.4 Å². The van der Waals surface area contributed by atoms with Gasteiger partial charge in [0.1, 0.15) is 5.69 Å². The van der Waals surface area contributed by atoms with Crippen LogP contribution in [0.2, 0.25) is 5.02 Å². The largest absolute Gasteiger partial charge is 0.481 e. The van der Waals surface area contributed by atoms with Crippen molar-refractivity contribution in [1.82, 2.24) is 9.88 Å². The van der Waals surface area contributed by atoms with Crippen LogP contribution < -0.4 is 5.32 Å². The average Bonchev–Trinajstić information content (AvgIpc) is 3.22. The van der Waals surface area contributed by atoms with Crippen LogP contribution in [0.3, 0.4) is 0 Å². The van der Waals surface area contributed by atoms with E-state index in [1.807, 2.05) is 37.3 Å². The van der Waals surface area contributed by atoms with Gasteiger partial charge in [-0.05, 0) is 43.5 Å². The molecule has 2 aromatic carbocycles. The fraction of sp³-hybridized carbons (Fsp3) is 0.250. The number of carboxylic acid groups (broad SMARTS) is 1. The first-order valence-electron chi connectivity index (χ1n) is 10.5. The number of benzene rings is 2. The van der Waals surface area contributed by atoms with E-state index in [9.17, 15) is 14.4 Å².